The van der Waals surface area contributed by atoms with Gasteiger partial charge < -0.3 is 19.7 Å². The molecule has 3 atom stereocenters. The Morgan fingerprint density at radius 1 is 1.07 bits per heavy atom. The number of carbonyl (C=O) groups is 1. The fourth-order valence-electron chi connectivity index (χ4n) is 5.82. The summed E-state index contributed by atoms with van der Waals surface area (Å²) < 4.78 is 12.0. The van der Waals surface area contributed by atoms with Crippen LogP contribution in [-0.4, -0.2) is 35.2 Å². The lowest BCUT2D eigenvalue weighted by Crippen LogP contribution is -2.52. The summed E-state index contributed by atoms with van der Waals surface area (Å²) in [5, 5.41) is 20.4. The zero-order valence-corrected chi connectivity index (χ0v) is 16.3. The molecule has 0 radical (unpaired) electrons. The van der Waals surface area contributed by atoms with E-state index in [1.807, 2.05) is 12.1 Å². The first-order chi connectivity index (χ1) is 14.0. The fourth-order valence-corrected chi connectivity index (χ4v) is 5.82. The van der Waals surface area contributed by atoms with E-state index in [0.717, 1.165) is 36.8 Å². The van der Waals surface area contributed by atoms with Crippen molar-refractivity contribution >= 4 is 5.97 Å². The average Bonchev–Trinajstić information content (AvgIpc) is 3.18. The van der Waals surface area contributed by atoms with E-state index in [4.69, 9.17) is 9.47 Å². The van der Waals surface area contributed by atoms with Crippen LogP contribution in [0.5, 0.6) is 0 Å². The molecule has 2 N–H and O–H groups in total. The Balaban J connectivity index is 1.61. The predicted octanol–water partition coefficient (Wildman–Crippen LogP) is 3.85. The molecule has 2 aromatic rings. The minimum absolute atomic E-state index is 0.159. The number of aliphatic hydroxyl groups excluding tert-OH is 1. The molecule has 2 aromatic carbocycles. The van der Waals surface area contributed by atoms with Crippen molar-refractivity contribution in [1.82, 2.24) is 0 Å². The number of aromatic carboxylic acids is 1. The summed E-state index contributed by atoms with van der Waals surface area (Å²) in [5.74, 6) is -1.29. The largest absolute Gasteiger partial charge is 0.478 e. The molecule has 0 aromatic heterocycles. The van der Waals surface area contributed by atoms with Gasteiger partial charge in [0, 0.05) is 18.3 Å². The van der Waals surface area contributed by atoms with Crippen LogP contribution in [0.25, 0.3) is 0 Å². The summed E-state index contributed by atoms with van der Waals surface area (Å²) in [6, 6.07) is 15.7. The third kappa shape index (κ3) is 3.08. The van der Waals surface area contributed by atoms with Crippen molar-refractivity contribution in [3.05, 3.63) is 70.8 Å². The fraction of sp³-hybridized carbons (Fsp3) is 0.458. The molecule has 1 aliphatic heterocycles. The highest BCUT2D eigenvalue weighted by atomic mass is 16.7. The second-order valence-electron chi connectivity index (χ2n) is 8.69. The van der Waals surface area contributed by atoms with Crippen LogP contribution in [0.4, 0.5) is 0 Å². The summed E-state index contributed by atoms with van der Waals surface area (Å²) in [6.07, 6.45) is 3.25. The van der Waals surface area contributed by atoms with Gasteiger partial charge in [-0.05, 0) is 54.0 Å². The number of benzene rings is 2. The Bertz CT molecular complexity index is 918. The monoisotopic (exact) mass is 394 g/mol. The van der Waals surface area contributed by atoms with E-state index in [9.17, 15) is 15.0 Å². The summed E-state index contributed by atoms with van der Waals surface area (Å²) in [5.41, 5.74) is 3.18. The molecule has 1 saturated carbocycles. The van der Waals surface area contributed by atoms with E-state index in [1.165, 1.54) is 5.56 Å². The molecule has 0 bridgehead atoms. The Morgan fingerprint density at radius 2 is 1.83 bits per heavy atom. The molecule has 152 valence electrons. The lowest BCUT2D eigenvalue weighted by molar-refractivity contribution is -0.203. The highest BCUT2D eigenvalue weighted by Crippen LogP contribution is 2.57. The topological polar surface area (TPSA) is 76.0 Å². The summed E-state index contributed by atoms with van der Waals surface area (Å²) in [6.45, 7) is 1.25. The molecule has 1 saturated heterocycles. The van der Waals surface area contributed by atoms with Crippen molar-refractivity contribution < 1.29 is 24.5 Å². The van der Waals surface area contributed by atoms with Crippen molar-refractivity contribution in [2.24, 2.45) is 5.92 Å². The van der Waals surface area contributed by atoms with Gasteiger partial charge in [0.1, 0.15) is 0 Å². The van der Waals surface area contributed by atoms with Gasteiger partial charge in [0.25, 0.3) is 0 Å². The molecule has 2 aliphatic carbocycles. The van der Waals surface area contributed by atoms with Crippen LogP contribution >= 0.6 is 0 Å². The smallest absolute Gasteiger partial charge is 0.335 e. The molecular formula is C24H26O5. The Hall–Kier alpha value is -2.21. The summed E-state index contributed by atoms with van der Waals surface area (Å²) >= 11 is 0. The summed E-state index contributed by atoms with van der Waals surface area (Å²) in [4.78, 5) is 11.5. The highest BCUT2D eigenvalue weighted by Gasteiger charge is 2.55. The first kappa shape index (κ1) is 18.8. The number of carboxylic acids is 1. The number of rotatable bonds is 3. The zero-order valence-electron chi connectivity index (χ0n) is 16.3. The van der Waals surface area contributed by atoms with Crippen LogP contribution < -0.4 is 0 Å². The van der Waals surface area contributed by atoms with Crippen molar-refractivity contribution in [2.45, 2.75) is 49.4 Å². The number of aliphatic hydroxyl groups is 1. The predicted molar refractivity (Wildman–Crippen MR) is 107 cm³/mol. The molecule has 3 unspecified atom stereocenters. The van der Waals surface area contributed by atoms with Gasteiger partial charge in [0.05, 0.1) is 24.9 Å². The number of hydrogen-bond donors (Lipinski definition) is 2. The second kappa shape index (κ2) is 6.94. The normalized spacial score (nSPS) is 30.0. The molecule has 5 heteroatoms. The maximum atomic E-state index is 11.5. The van der Waals surface area contributed by atoms with Crippen LogP contribution in [0.15, 0.2) is 48.5 Å². The van der Waals surface area contributed by atoms with Gasteiger partial charge in [-0.25, -0.2) is 4.79 Å². The lowest BCUT2D eigenvalue weighted by Gasteiger charge is -2.54. The van der Waals surface area contributed by atoms with E-state index < -0.39 is 17.9 Å². The second-order valence-corrected chi connectivity index (χ2v) is 8.69. The van der Waals surface area contributed by atoms with Gasteiger partial charge in [0.15, 0.2) is 5.79 Å². The maximum absolute atomic E-state index is 11.5. The Morgan fingerprint density at radius 3 is 2.55 bits per heavy atom. The van der Waals surface area contributed by atoms with E-state index in [0.29, 0.717) is 19.6 Å². The van der Waals surface area contributed by atoms with Crippen LogP contribution in [0.1, 0.15) is 58.8 Å². The molecule has 0 amide bonds. The molecule has 3 aliphatic rings. The van der Waals surface area contributed by atoms with Crippen molar-refractivity contribution in [3.63, 3.8) is 0 Å². The van der Waals surface area contributed by atoms with E-state index in [2.05, 4.69) is 24.3 Å². The van der Waals surface area contributed by atoms with E-state index in [-0.39, 0.29) is 16.9 Å². The van der Waals surface area contributed by atoms with Crippen LogP contribution in [0.3, 0.4) is 0 Å². The van der Waals surface area contributed by atoms with Crippen molar-refractivity contribution in [2.75, 3.05) is 13.2 Å². The van der Waals surface area contributed by atoms with E-state index >= 15 is 0 Å². The van der Waals surface area contributed by atoms with E-state index in [1.54, 1.807) is 12.1 Å². The Kier molecular flexibility index (Phi) is 4.50. The molecule has 2 fully saturated rings. The van der Waals surface area contributed by atoms with Gasteiger partial charge in [-0.15, -0.1) is 0 Å². The standard InChI is InChI=1S/C24H26O5/c25-21-13-18-15-24(28-10-11-29-24)9-8-23(18,14-16-4-2-1-3-5-16)20-7-6-17(22(26)27)12-19(20)21/h1-7,12,18,21,25H,8-11,13-15H2,(H,26,27). The minimum atomic E-state index is -0.963. The van der Waals surface area contributed by atoms with Crippen LogP contribution in [0, 0.1) is 5.92 Å². The molecule has 29 heavy (non-hydrogen) atoms. The van der Waals surface area contributed by atoms with Crippen LogP contribution in [0.2, 0.25) is 0 Å². The number of hydrogen-bond acceptors (Lipinski definition) is 4. The lowest BCUT2D eigenvalue weighted by atomic mass is 9.53. The number of ether oxygens (including phenoxy) is 2. The number of carboxylic acid groups (broad SMARTS) is 1. The van der Waals surface area contributed by atoms with Gasteiger partial charge in [-0.2, -0.15) is 0 Å². The summed E-state index contributed by atoms with van der Waals surface area (Å²) in [7, 11) is 0. The average molecular weight is 394 g/mol. The molecule has 5 nitrogen and oxygen atoms in total. The Labute approximate surface area is 170 Å². The molecule has 1 heterocycles. The molecule has 5 rings (SSSR count). The highest BCUT2D eigenvalue weighted by molar-refractivity contribution is 5.88. The molecular weight excluding hydrogens is 368 g/mol. The maximum Gasteiger partial charge on any atom is 0.335 e. The third-order valence-corrected chi connectivity index (χ3v) is 7.17. The van der Waals surface area contributed by atoms with Crippen LogP contribution in [-0.2, 0) is 21.3 Å². The van der Waals surface area contributed by atoms with Gasteiger partial charge in [-0.3, -0.25) is 0 Å². The quantitative estimate of drug-likeness (QED) is 0.827. The first-order valence-corrected chi connectivity index (χ1v) is 10.4. The minimum Gasteiger partial charge on any atom is -0.478 e. The first-order valence-electron chi connectivity index (χ1n) is 10.4. The van der Waals surface area contributed by atoms with Crippen molar-refractivity contribution in [1.29, 1.82) is 0 Å². The SMILES string of the molecule is O=C(O)c1ccc2c(c1)C(O)CC1CC3(CCC21Cc1ccccc1)OCCO3. The number of fused-ring (bicyclic) bond motifs is 3. The van der Waals surface area contributed by atoms with Gasteiger partial charge >= 0.3 is 5.97 Å². The van der Waals surface area contributed by atoms with Gasteiger partial charge in [0.2, 0.25) is 0 Å². The molecule has 1 spiro atoms. The third-order valence-electron chi connectivity index (χ3n) is 7.17. The zero-order chi connectivity index (χ0) is 20.1. The van der Waals surface area contributed by atoms with Crippen molar-refractivity contribution in [3.8, 4) is 0 Å². The van der Waals surface area contributed by atoms with Gasteiger partial charge in [-0.1, -0.05) is 36.4 Å².